The Labute approximate surface area is 156 Å². The molecule has 0 fully saturated rings. The molecule has 3 rings (SSSR count). The van der Waals surface area contributed by atoms with Gasteiger partial charge in [-0.2, -0.15) is 0 Å². The summed E-state index contributed by atoms with van der Waals surface area (Å²) in [6, 6.07) is 17.2. The van der Waals surface area contributed by atoms with Crippen LogP contribution in [0.25, 0.3) is 0 Å². The first-order chi connectivity index (χ1) is 12.6. The molecule has 1 aromatic heterocycles. The number of halogens is 2. The fourth-order valence-corrected chi connectivity index (χ4v) is 2.52. The molecule has 0 aliphatic carbocycles. The molecule has 3 aromatic rings. The number of nitrogens with zero attached hydrogens (tertiary/aromatic N) is 1. The lowest BCUT2D eigenvalue weighted by molar-refractivity contribution is -0.115. The molecule has 4 nitrogen and oxygen atoms in total. The number of benzene rings is 2. The highest BCUT2D eigenvalue weighted by atomic mass is 35.5. The van der Waals surface area contributed by atoms with E-state index in [1.54, 1.807) is 48.7 Å². The van der Waals surface area contributed by atoms with Crippen LogP contribution >= 0.6 is 11.6 Å². The van der Waals surface area contributed by atoms with Gasteiger partial charge >= 0.3 is 0 Å². The van der Waals surface area contributed by atoms with E-state index < -0.39 is 0 Å². The molecule has 0 aliphatic heterocycles. The molecular weight excluding hydrogens is 353 g/mol. The Morgan fingerprint density at radius 3 is 2.50 bits per heavy atom. The Balaban J connectivity index is 1.53. The van der Waals surface area contributed by atoms with Crippen molar-refractivity contribution in [1.82, 2.24) is 4.98 Å². The molecule has 0 aliphatic rings. The van der Waals surface area contributed by atoms with Crippen LogP contribution in [0.5, 0.6) is 0 Å². The molecule has 1 heterocycles. The van der Waals surface area contributed by atoms with Crippen LogP contribution in [0.4, 0.5) is 15.9 Å². The summed E-state index contributed by atoms with van der Waals surface area (Å²) >= 11 is 5.83. The van der Waals surface area contributed by atoms with Crippen LogP contribution in [0.3, 0.4) is 0 Å². The van der Waals surface area contributed by atoms with Gasteiger partial charge in [0.2, 0.25) is 5.91 Å². The normalized spacial score (nSPS) is 10.4. The summed E-state index contributed by atoms with van der Waals surface area (Å²) in [6.07, 6.45) is 1.81. The minimum atomic E-state index is -0.258. The maximum Gasteiger partial charge on any atom is 0.228 e. The number of carbonyl (C=O) groups excluding carboxylic acids is 1. The molecule has 0 bridgehead atoms. The number of nitrogens with one attached hydrogen (secondary N) is 2. The predicted octanol–water partition coefficient (Wildman–Crippen LogP) is 4.67. The monoisotopic (exact) mass is 369 g/mol. The van der Waals surface area contributed by atoms with E-state index in [0.29, 0.717) is 28.6 Å². The lowest BCUT2D eigenvalue weighted by Crippen LogP contribution is -2.14. The van der Waals surface area contributed by atoms with Crippen molar-refractivity contribution in [2.75, 3.05) is 10.6 Å². The van der Waals surface area contributed by atoms with Crippen LogP contribution in [0.15, 0.2) is 66.9 Å². The first-order valence-electron chi connectivity index (χ1n) is 8.08. The van der Waals surface area contributed by atoms with E-state index in [0.717, 1.165) is 5.56 Å². The minimum Gasteiger partial charge on any atom is -0.366 e. The van der Waals surface area contributed by atoms with Gasteiger partial charge in [0, 0.05) is 17.1 Å². The second-order valence-electron chi connectivity index (χ2n) is 5.73. The maximum absolute atomic E-state index is 13.6. The van der Waals surface area contributed by atoms with E-state index in [1.165, 1.54) is 6.07 Å². The molecule has 2 N–H and O–H groups in total. The van der Waals surface area contributed by atoms with Crippen molar-refractivity contribution in [3.05, 3.63) is 88.8 Å². The molecule has 1 amide bonds. The quantitative estimate of drug-likeness (QED) is 0.664. The molecule has 0 saturated heterocycles. The van der Waals surface area contributed by atoms with Crippen LogP contribution in [0, 0.1) is 5.82 Å². The number of rotatable bonds is 6. The molecule has 0 spiro atoms. The summed E-state index contributed by atoms with van der Waals surface area (Å²) in [5, 5.41) is 6.48. The zero-order chi connectivity index (χ0) is 18.4. The Morgan fingerprint density at radius 2 is 1.81 bits per heavy atom. The Bertz CT molecular complexity index is 882. The minimum absolute atomic E-state index is 0.138. The number of hydrogen-bond acceptors (Lipinski definition) is 3. The van der Waals surface area contributed by atoms with Gasteiger partial charge in [0.15, 0.2) is 0 Å². The number of aromatic nitrogens is 1. The van der Waals surface area contributed by atoms with Gasteiger partial charge in [0.1, 0.15) is 11.6 Å². The van der Waals surface area contributed by atoms with Gasteiger partial charge in [0.25, 0.3) is 0 Å². The molecule has 0 unspecified atom stereocenters. The van der Waals surface area contributed by atoms with Gasteiger partial charge in [-0.05, 0) is 35.9 Å². The number of anilines is 2. The fraction of sp³-hybridized carbons (Fsp3) is 0.100. The van der Waals surface area contributed by atoms with Gasteiger partial charge in [0.05, 0.1) is 18.3 Å². The van der Waals surface area contributed by atoms with Crippen molar-refractivity contribution >= 4 is 29.0 Å². The average Bonchev–Trinajstić information content (AvgIpc) is 2.64. The lowest BCUT2D eigenvalue weighted by Gasteiger charge is -2.08. The standard InChI is InChI=1S/C20H17ClFN3O/c21-16-7-5-14(6-8-16)11-20(26)25-17-9-10-19(24-13-17)23-12-15-3-1-2-4-18(15)22/h1-10,13H,11-12H2,(H,23,24)(H,25,26). The third-order valence-corrected chi connectivity index (χ3v) is 3.99. The highest BCUT2D eigenvalue weighted by Crippen LogP contribution is 2.14. The van der Waals surface area contributed by atoms with Crippen LogP contribution in [0.1, 0.15) is 11.1 Å². The van der Waals surface area contributed by atoms with Crippen LogP contribution in [0.2, 0.25) is 5.02 Å². The zero-order valence-electron chi connectivity index (χ0n) is 13.9. The molecule has 26 heavy (non-hydrogen) atoms. The zero-order valence-corrected chi connectivity index (χ0v) is 14.6. The fourth-order valence-electron chi connectivity index (χ4n) is 2.39. The van der Waals surface area contributed by atoms with Crippen LogP contribution in [-0.2, 0) is 17.8 Å². The summed E-state index contributed by atoms with van der Waals surface area (Å²) < 4.78 is 13.6. The summed E-state index contributed by atoms with van der Waals surface area (Å²) in [7, 11) is 0. The van der Waals surface area contributed by atoms with Gasteiger partial charge in [-0.3, -0.25) is 4.79 Å². The van der Waals surface area contributed by atoms with Crippen LogP contribution < -0.4 is 10.6 Å². The Morgan fingerprint density at radius 1 is 1.04 bits per heavy atom. The molecule has 6 heteroatoms. The predicted molar refractivity (Wildman–Crippen MR) is 102 cm³/mol. The summed E-state index contributed by atoms with van der Waals surface area (Å²) in [6.45, 7) is 0.335. The number of amides is 1. The molecule has 132 valence electrons. The van der Waals surface area contributed by atoms with E-state index in [9.17, 15) is 9.18 Å². The summed E-state index contributed by atoms with van der Waals surface area (Å²) in [5.74, 6) is 0.205. The molecular formula is C20H17ClFN3O. The molecule has 0 radical (unpaired) electrons. The first kappa shape index (κ1) is 17.9. The topological polar surface area (TPSA) is 54.0 Å². The summed E-state index contributed by atoms with van der Waals surface area (Å²) in [4.78, 5) is 16.3. The molecule has 0 saturated carbocycles. The van der Waals surface area contributed by atoms with E-state index in [-0.39, 0.29) is 18.1 Å². The third kappa shape index (κ3) is 5.04. The van der Waals surface area contributed by atoms with Gasteiger partial charge < -0.3 is 10.6 Å². The largest absolute Gasteiger partial charge is 0.366 e. The Kier molecular flexibility index (Phi) is 5.81. The second-order valence-corrected chi connectivity index (χ2v) is 6.16. The van der Waals surface area contributed by atoms with Gasteiger partial charge in [-0.15, -0.1) is 0 Å². The van der Waals surface area contributed by atoms with Crippen molar-refractivity contribution in [3.63, 3.8) is 0 Å². The van der Waals surface area contributed by atoms with E-state index >= 15 is 0 Å². The number of pyridine rings is 1. The SMILES string of the molecule is O=C(Cc1ccc(Cl)cc1)Nc1ccc(NCc2ccccc2F)nc1. The first-order valence-corrected chi connectivity index (χ1v) is 8.45. The van der Waals surface area contributed by atoms with Crippen molar-refractivity contribution in [3.8, 4) is 0 Å². The maximum atomic E-state index is 13.6. The van der Waals surface area contributed by atoms with E-state index in [4.69, 9.17) is 11.6 Å². The highest BCUT2D eigenvalue weighted by Gasteiger charge is 2.05. The van der Waals surface area contributed by atoms with E-state index in [1.807, 2.05) is 12.1 Å². The smallest absolute Gasteiger partial charge is 0.228 e. The van der Waals surface area contributed by atoms with Crippen molar-refractivity contribution < 1.29 is 9.18 Å². The number of carbonyl (C=O) groups is 1. The average molecular weight is 370 g/mol. The van der Waals surface area contributed by atoms with Crippen molar-refractivity contribution in [1.29, 1.82) is 0 Å². The highest BCUT2D eigenvalue weighted by molar-refractivity contribution is 6.30. The second kappa shape index (κ2) is 8.45. The number of hydrogen-bond donors (Lipinski definition) is 2. The third-order valence-electron chi connectivity index (χ3n) is 3.74. The van der Waals surface area contributed by atoms with Crippen molar-refractivity contribution in [2.45, 2.75) is 13.0 Å². The van der Waals surface area contributed by atoms with Gasteiger partial charge in [-0.25, -0.2) is 9.37 Å². The molecule has 2 aromatic carbocycles. The molecule has 0 atom stereocenters. The van der Waals surface area contributed by atoms with Crippen LogP contribution in [-0.4, -0.2) is 10.9 Å². The Hall–Kier alpha value is -2.92. The van der Waals surface area contributed by atoms with Gasteiger partial charge in [-0.1, -0.05) is 41.9 Å². The van der Waals surface area contributed by atoms with Crippen molar-refractivity contribution in [2.24, 2.45) is 0 Å². The lowest BCUT2D eigenvalue weighted by atomic mass is 10.1. The van der Waals surface area contributed by atoms with E-state index in [2.05, 4.69) is 15.6 Å². The summed E-state index contributed by atoms with van der Waals surface area (Å²) in [5.41, 5.74) is 2.04.